The summed E-state index contributed by atoms with van der Waals surface area (Å²) in [5.74, 6) is -0.975. The Balaban J connectivity index is 3.41. The van der Waals surface area contributed by atoms with Gasteiger partial charge in [-0.05, 0) is 23.3 Å². The molecule has 1 aromatic carbocycles. The highest BCUT2D eigenvalue weighted by atomic mass is 35.5. The SMILES string of the molecule is COC(=O)Cc1cc(C(F)(F)F)cc(CCl)c1C#N. The molecular weight excluding hydrogens is 283 g/mol. The summed E-state index contributed by atoms with van der Waals surface area (Å²) < 4.78 is 42.5. The number of hydrogen-bond acceptors (Lipinski definition) is 3. The van der Waals surface area contributed by atoms with Gasteiger partial charge in [-0.3, -0.25) is 4.79 Å². The van der Waals surface area contributed by atoms with Crippen LogP contribution < -0.4 is 0 Å². The molecule has 0 aliphatic rings. The number of carbonyl (C=O) groups is 1. The average Bonchev–Trinajstić information content (AvgIpc) is 2.36. The van der Waals surface area contributed by atoms with Crippen molar-refractivity contribution < 1.29 is 22.7 Å². The number of halogens is 4. The molecule has 19 heavy (non-hydrogen) atoms. The number of esters is 1. The Morgan fingerprint density at radius 1 is 1.42 bits per heavy atom. The monoisotopic (exact) mass is 291 g/mol. The number of nitriles is 1. The molecule has 0 saturated carbocycles. The van der Waals surface area contributed by atoms with Crippen LogP contribution in [0.3, 0.4) is 0 Å². The average molecular weight is 292 g/mol. The molecule has 3 nitrogen and oxygen atoms in total. The maximum Gasteiger partial charge on any atom is 0.416 e. The van der Waals surface area contributed by atoms with E-state index in [0.717, 1.165) is 19.2 Å². The molecule has 0 aliphatic carbocycles. The second kappa shape index (κ2) is 5.93. The molecule has 0 heterocycles. The van der Waals surface area contributed by atoms with E-state index in [0.29, 0.717) is 0 Å². The molecule has 0 unspecified atom stereocenters. The van der Waals surface area contributed by atoms with Crippen LogP contribution in [0, 0.1) is 11.3 Å². The van der Waals surface area contributed by atoms with E-state index >= 15 is 0 Å². The van der Waals surface area contributed by atoms with Crippen molar-refractivity contribution in [1.29, 1.82) is 5.26 Å². The molecule has 1 rings (SSSR count). The van der Waals surface area contributed by atoms with E-state index in [1.165, 1.54) is 0 Å². The lowest BCUT2D eigenvalue weighted by Gasteiger charge is -2.13. The van der Waals surface area contributed by atoms with Gasteiger partial charge >= 0.3 is 12.1 Å². The summed E-state index contributed by atoms with van der Waals surface area (Å²) in [6, 6.07) is 3.34. The van der Waals surface area contributed by atoms with Crippen LogP contribution in [-0.4, -0.2) is 13.1 Å². The zero-order valence-corrected chi connectivity index (χ0v) is 10.6. The van der Waals surface area contributed by atoms with Crippen molar-refractivity contribution in [3.05, 3.63) is 34.4 Å². The van der Waals surface area contributed by atoms with Gasteiger partial charge in [0.1, 0.15) is 0 Å². The highest BCUT2D eigenvalue weighted by molar-refractivity contribution is 6.17. The van der Waals surface area contributed by atoms with Crippen LogP contribution in [0.5, 0.6) is 0 Å². The Morgan fingerprint density at radius 2 is 2.00 bits per heavy atom. The predicted octanol–water partition coefficient (Wildman–Crippen LogP) is 3.03. The number of nitrogens with zero attached hydrogens (tertiary/aromatic N) is 1. The Morgan fingerprint density at radius 3 is 2.42 bits per heavy atom. The molecule has 0 spiro atoms. The number of carbonyl (C=O) groups excluding carboxylic acids is 1. The fourth-order valence-electron chi connectivity index (χ4n) is 1.55. The lowest BCUT2D eigenvalue weighted by molar-refractivity contribution is -0.140. The van der Waals surface area contributed by atoms with Gasteiger partial charge in [-0.25, -0.2) is 0 Å². The van der Waals surface area contributed by atoms with E-state index < -0.39 is 24.1 Å². The van der Waals surface area contributed by atoms with Gasteiger partial charge in [0.15, 0.2) is 0 Å². The highest BCUT2D eigenvalue weighted by Crippen LogP contribution is 2.32. The molecule has 0 aliphatic heterocycles. The fourth-order valence-corrected chi connectivity index (χ4v) is 1.76. The van der Waals surface area contributed by atoms with Gasteiger partial charge in [0.2, 0.25) is 0 Å². The molecule has 0 fully saturated rings. The maximum atomic E-state index is 12.7. The second-order valence-electron chi connectivity index (χ2n) is 3.67. The zero-order chi connectivity index (χ0) is 14.6. The number of rotatable bonds is 3. The topological polar surface area (TPSA) is 50.1 Å². The highest BCUT2D eigenvalue weighted by Gasteiger charge is 2.32. The molecular formula is C12H9ClF3NO2. The van der Waals surface area contributed by atoms with E-state index in [9.17, 15) is 18.0 Å². The number of methoxy groups -OCH3 is 1. The number of ether oxygens (including phenoxy) is 1. The van der Waals surface area contributed by atoms with Gasteiger partial charge in [-0.1, -0.05) is 0 Å². The minimum atomic E-state index is -4.57. The van der Waals surface area contributed by atoms with Gasteiger partial charge < -0.3 is 4.74 Å². The van der Waals surface area contributed by atoms with E-state index in [4.69, 9.17) is 16.9 Å². The predicted molar refractivity (Wildman–Crippen MR) is 61.4 cm³/mol. The normalized spacial score (nSPS) is 10.9. The van der Waals surface area contributed by atoms with Crippen molar-refractivity contribution in [2.45, 2.75) is 18.5 Å². The van der Waals surface area contributed by atoms with Crippen LogP contribution in [0.4, 0.5) is 13.2 Å². The lowest BCUT2D eigenvalue weighted by Crippen LogP contribution is -2.12. The van der Waals surface area contributed by atoms with Crippen molar-refractivity contribution >= 4 is 17.6 Å². The summed E-state index contributed by atoms with van der Waals surface area (Å²) in [6.45, 7) is 0. The van der Waals surface area contributed by atoms with E-state index in [-0.39, 0.29) is 22.6 Å². The third kappa shape index (κ3) is 3.61. The van der Waals surface area contributed by atoms with Crippen molar-refractivity contribution in [2.24, 2.45) is 0 Å². The van der Waals surface area contributed by atoms with Gasteiger partial charge in [-0.2, -0.15) is 18.4 Å². The molecule has 0 aromatic heterocycles. The second-order valence-corrected chi connectivity index (χ2v) is 3.93. The minimum Gasteiger partial charge on any atom is -0.469 e. The van der Waals surface area contributed by atoms with Crippen LogP contribution in [0.2, 0.25) is 0 Å². The smallest absolute Gasteiger partial charge is 0.416 e. The van der Waals surface area contributed by atoms with Gasteiger partial charge in [0, 0.05) is 5.88 Å². The largest absolute Gasteiger partial charge is 0.469 e. The van der Waals surface area contributed by atoms with E-state index in [2.05, 4.69) is 4.74 Å². The molecule has 0 radical (unpaired) electrons. The lowest BCUT2D eigenvalue weighted by atomic mass is 9.97. The van der Waals surface area contributed by atoms with Gasteiger partial charge in [-0.15, -0.1) is 11.6 Å². The standard InChI is InChI=1S/C12H9ClF3NO2/c1-19-11(18)4-7-2-9(12(14,15)16)3-8(5-13)10(7)6-17/h2-3H,4-5H2,1H3. The number of hydrogen-bond donors (Lipinski definition) is 0. The van der Waals surface area contributed by atoms with E-state index in [1.54, 1.807) is 6.07 Å². The first-order valence-corrected chi connectivity index (χ1v) is 5.62. The zero-order valence-electron chi connectivity index (χ0n) is 9.84. The van der Waals surface area contributed by atoms with Crippen LogP contribution >= 0.6 is 11.6 Å². The summed E-state index contributed by atoms with van der Waals surface area (Å²) in [6.07, 6.45) is -4.98. The van der Waals surface area contributed by atoms with Gasteiger partial charge in [0.05, 0.1) is 30.7 Å². The quantitative estimate of drug-likeness (QED) is 0.635. The van der Waals surface area contributed by atoms with E-state index in [1.807, 2.05) is 0 Å². The first kappa shape index (κ1) is 15.3. The molecule has 0 saturated heterocycles. The van der Waals surface area contributed by atoms with Gasteiger partial charge in [0.25, 0.3) is 0 Å². The Hall–Kier alpha value is -1.74. The van der Waals surface area contributed by atoms with Crippen molar-refractivity contribution in [3.63, 3.8) is 0 Å². The van der Waals surface area contributed by atoms with Crippen LogP contribution in [0.15, 0.2) is 12.1 Å². The van der Waals surface area contributed by atoms with Crippen LogP contribution in [0.25, 0.3) is 0 Å². The third-order valence-electron chi connectivity index (χ3n) is 2.45. The molecule has 1 aromatic rings. The van der Waals surface area contributed by atoms with Crippen molar-refractivity contribution in [1.82, 2.24) is 0 Å². The maximum absolute atomic E-state index is 12.7. The fraction of sp³-hybridized carbons (Fsp3) is 0.333. The van der Waals surface area contributed by atoms with Crippen LogP contribution in [-0.2, 0) is 28.0 Å². The molecule has 0 bridgehead atoms. The Labute approximate surface area is 112 Å². The summed E-state index contributed by atoms with van der Waals surface area (Å²) in [5, 5.41) is 8.97. The molecule has 0 amide bonds. The first-order chi connectivity index (χ1) is 8.83. The molecule has 7 heteroatoms. The summed E-state index contributed by atoms with van der Waals surface area (Å²) >= 11 is 5.54. The molecule has 102 valence electrons. The number of alkyl halides is 4. The van der Waals surface area contributed by atoms with Crippen molar-refractivity contribution in [2.75, 3.05) is 7.11 Å². The van der Waals surface area contributed by atoms with Crippen molar-refractivity contribution in [3.8, 4) is 6.07 Å². The Kier molecular flexibility index (Phi) is 4.78. The summed E-state index contributed by atoms with van der Waals surface area (Å²) in [5.41, 5.74) is -0.966. The Bertz CT molecular complexity index is 535. The molecule has 0 N–H and O–H groups in total. The third-order valence-corrected chi connectivity index (χ3v) is 2.74. The summed E-state index contributed by atoms with van der Waals surface area (Å²) in [4.78, 5) is 11.2. The van der Waals surface area contributed by atoms with Crippen LogP contribution in [0.1, 0.15) is 22.3 Å². The summed E-state index contributed by atoms with van der Waals surface area (Å²) in [7, 11) is 1.12. The minimum absolute atomic E-state index is 0.0200. The first-order valence-electron chi connectivity index (χ1n) is 5.09. The molecule has 0 atom stereocenters. The number of benzene rings is 1.